The predicted molar refractivity (Wildman–Crippen MR) is 111 cm³/mol. The summed E-state index contributed by atoms with van der Waals surface area (Å²) < 4.78 is 6.20. The maximum atomic E-state index is 13.1. The van der Waals surface area contributed by atoms with Crippen LogP contribution in [0.3, 0.4) is 0 Å². The van der Waals surface area contributed by atoms with Gasteiger partial charge in [-0.05, 0) is 106 Å². The average molecular weight is 403 g/mol. The van der Waals surface area contributed by atoms with Crippen molar-refractivity contribution in [2.24, 2.45) is 23.2 Å². The lowest BCUT2D eigenvalue weighted by atomic mass is 9.49. The maximum absolute atomic E-state index is 13.1. The largest absolute Gasteiger partial charge is 0.489 e. The molecular weight excluding hydrogens is 372 g/mol. The van der Waals surface area contributed by atoms with Crippen molar-refractivity contribution >= 4 is 17.5 Å². The van der Waals surface area contributed by atoms with Crippen molar-refractivity contribution in [3.05, 3.63) is 28.8 Å². The lowest BCUT2D eigenvalue weighted by Crippen LogP contribution is -2.51. The summed E-state index contributed by atoms with van der Waals surface area (Å²) in [6.07, 6.45) is 10.3. The average Bonchev–Trinajstić information content (AvgIpc) is 2.67. The van der Waals surface area contributed by atoms with Crippen LogP contribution in [-0.2, 0) is 0 Å². The van der Waals surface area contributed by atoms with E-state index in [9.17, 15) is 4.79 Å². The normalized spacial score (nSPS) is 34.4. The molecule has 5 aliphatic rings. The predicted octanol–water partition coefficient (Wildman–Crippen LogP) is 4.42. The Morgan fingerprint density at radius 1 is 1.11 bits per heavy atom. The molecule has 2 N–H and O–H groups in total. The first-order valence-electron chi connectivity index (χ1n) is 11.0. The van der Waals surface area contributed by atoms with Crippen molar-refractivity contribution < 1.29 is 9.53 Å². The van der Waals surface area contributed by atoms with E-state index >= 15 is 0 Å². The van der Waals surface area contributed by atoms with E-state index in [0.717, 1.165) is 50.2 Å². The van der Waals surface area contributed by atoms with Gasteiger partial charge in [0.1, 0.15) is 11.9 Å². The number of halogens is 1. The van der Waals surface area contributed by atoms with E-state index in [1.54, 1.807) is 6.07 Å². The summed E-state index contributed by atoms with van der Waals surface area (Å²) >= 11 is 6.21. The molecule has 1 amide bonds. The monoisotopic (exact) mass is 402 g/mol. The molecule has 5 fully saturated rings. The molecule has 5 heteroatoms. The zero-order valence-electron chi connectivity index (χ0n) is 16.5. The van der Waals surface area contributed by atoms with Crippen LogP contribution in [0.4, 0.5) is 0 Å². The third kappa shape index (κ3) is 3.78. The van der Waals surface area contributed by atoms with Crippen molar-refractivity contribution in [1.82, 2.24) is 10.6 Å². The van der Waals surface area contributed by atoms with Gasteiger partial charge in [0.05, 0.1) is 5.56 Å². The molecular formula is C23H31ClN2O2. The number of hydrogen-bond donors (Lipinski definition) is 2. The fourth-order valence-corrected chi connectivity index (χ4v) is 6.92. The lowest BCUT2D eigenvalue weighted by Gasteiger charge is -2.56. The van der Waals surface area contributed by atoms with Gasteiger partial charge < -0.3 is 15.4 Å². The minimum absolute atomic E-state index is 0.0396. The number of rotatable bonds is 5. The molecule has 1 saturated heterocycles. The van der Waals surface area contributed by atoms with Crippen LogP contribution >= 0.6 is 11.6 Å². The van der Waals surface area contributed by atoms with E-state index in [4.69, 9.17) is 16.3 Å². The standard InChI is InChI=1S/C23H31ClN2O2/c24-18-1-2-21(28-19-3-5-25-6-4-19)20(10-18)22(27)26-14-23-11-15-7-16(12-23)9-17(8-15)13-23/h1-2,10,15-17,19,25H,3-9,11-14H2,(H,26,27). The zero-order chi connectivity index (χ0) is 19.1. The Hall–Kier alpha value is -1.26. The summed E-state index contributed by atoms with van der Waals surface area (Å²) in [7, 11) is 0. The molecule has 1 aromatic rings. The van der Waals surface area contributed by atoms with Crippen molar-refractivity contribution in [2.75, 3.05) is 19.6 Å². The summed E-state index contributed by atoms with van der Waals surface area (Å²) in [5.74, 6) is 3.32. The van der Waals surface area contributed by atoms with Crippen LogP contribution < -0.4 is 15.4 Å². The number of hydrogen-bond acceptors (Lipinski definition) is 3. The summed E-state index contributed by atoms with van der Waals surface area (Å²) in [6.45, 7) is 2.73. The smallest absolute Gasteiger partial charge is 0.255 e. The quantitative estimate of drug-likeness (QED) is 0.766. The van der Waals surface area contributed by atoms with Gasteiger partial charge in [-0.3, -0.25) is 4.79 Å². The molecule has 4 nitrogen and oxygen atoms in total. The lowest BCUT2D eigenvalue weighted by molar-refractivity contribution is -0.0503. The Labute approximate surface area is 172 Å². The van der Waals surface area contributed by atoms with Gasteiger partial charge in [0.25, 0.3) is 5.91 Å². The third-order valence-corrected chi connectivity index (χ3v) is 7.79. The Bertz CT molecular complexity index is 709. The van der Waals surface area contributed by atoms with Gasteiger partial charge in [-0.1, -0.05) is 11.6 Å². The van der Waals surface area contributed by atoms with Gasteiger partial charge >= 0.3 is 0 Å². The fraction of sp³-hybridized carbons (Fsp3) is 0.696. The van der Waals surface area contributed by atoms with Crippen LogP contribution in [0.1, 0.15) is 61.7 Å². The van der Waals surface area contributed by atoms with Crippen LogP contribution in [0, 0.1) is 23.2 Å². The molecule has 1 aromatic carbocycles. The first-order chi connectivity index (χ1) is 13.6. The molecule has 0 unspecified atom stereocenters. The minimum atomic E-state index is -0.0396. The summed E-state index contributed by atoms with van der Waals surface area (Å²) in [6, 6.07) is 5.42. The number of nitrogens with one attached hydrogen (secondary N) is 2. The molecule has 0 aromatic heterocycles. The maximum Gasteiger partial charge on any atom is 0.255 e. The molecule has 0 atom stereocenters. The number of ether oxygens (including phenoxy) is 1. The number of amides is 1. The number of benzene rings is 1. The molecule has 1 aliphatic heterocycles. The van der Waals surface area contributed by atoms with Crippen LogP contribution in [0.25, 0.3) is 0 Å². The van der Waals surface area contributed by atoms with Gasteiger partial charge in [0.15, 0.2) is 0 Å². The van der Waals surface area contributed by atoms with Gasteiger partial charge in [-0.2, -0.15) is 0 Å². The second-order valence-corrected chi connectivity index (χ2v) is 10.2. The first-order valence-corrected chi connectivity index (χ1v) is 11.4. The van der Waals surface area contributed by atoms with Crippen molar-refractivity contribution in [1.29, 1.82) is 0 Å². The molecule has 0 radical (unpaired) electrons. The Morgan fingerprint density at radius 2 is 1.75 bits per heavy atom. The van der Waals surface area contributed by atoms with E-state index < -0.39 is 0 Å². The van der Waals surface area contributed by atoms with Crippen molar-refractivity contribution in [2.45, 2.75) is 57.5 Å². The Balaban J connectivity index is 1.28. The molecule has 4 saturated carbocycles. The van der Waals surface area contributed by atoms with E-state index in [0.29, 0.717) is 21.8 Å². The van der Waals surface area contributed by atoms with Gasteiger partial charge in [-0.15, -0.1) is 0 Å². The topological polar surface area (TPSA) is 50.4 Å². The summed E-state index contributed by atoms with van der Waals surface area (Å²) in [5, 5.41) is 7.20. The minimum Gasteiger partial charge on any atom is -0.489 e. The fourth-order valence-electron chi connectivity index (χ4n) is 6.74. The van der Waals surface area contributed by atoms with Crippen LogP contribution in [0.2, 0.25) is 5.02 Å². The highest BCUT2D eigenvalue weighted by molar-refractivity contribution is 6.31. The Morgan fingerprint density at radius 3 is 2.39 bits per heavy atom. The highest BCUT2D eigenvalue weighted by Gasteiger charge is 2.50. The first kappa shape index (κ1) is 18.7. The van der Waals surface area contributed by atoms with Crippen molar-refractivity contribution in [3.8, 4) is 5.75 Å². The molecule has 0 spiro atoms. The second-order valence-electron chi connectivity index (χ2n) is 9.81. The molecule has 4 bridgehead atoms. The Kier molecular flexibility index (Phi) is 5.04. The van der Waals surface area contributed by atoms with Gasteiger partial charge in [0.2, 0.25) is 0 Å². The second kappa shape index (κ2) is 7.53. The molecule has 28 heavy (non-hydrogen) atoms. The van der Waals surface area contributed by atoms with E-state index in [1.807, 2.05) is 12.1 Å². The van der Waals surface area contributed by atoms with Crippen molar-refractivity contribution in [3.63, 3.8) is 0 Å². The van der Waals surface area contributed by atoms with Gasteiger partial charge in [-0.25, -0.2) is 0 Å². The highest BCUT2D eigenvalue weighted by atomic mass is 35.5. The van der Waals surface area contributed by atoms with Crippen LogP contribution in [-0.4, -0.2) is 31.6 Å². The van der Waals surface area contributed by atoms with E-state index in [1.165, 1.54) is 38.5 Å². The summed E-state index contributed by atoms with van der Waals surface area (Å²) in [5.41, 5.74) is 0.912. The number of piperidine rings is 1. The third-order valence-electron chi connectivity index (χ3n) is 7.56. The van der Waals surface area contributed by atoms with Gasteiger partial charge in [0, 0.05) is 11.6 Å². The summed E-state index contributed by atoms with van der Waals surface area (Å²) in [4.78, 5) is 13.1. The zero-order valence-corrected chi connectivity index (χ0v) is 17.3. The van der Waals surface area contributed by atoms with Crippen LogP contribution in [0.5, 0.6) is 5.75 Å². The van der Waals surface area contributed by atoms with E-state index in [-0.39, 0.29) is 12.0 Å². The highest BCUT2D eigenvalue weighted by Crippen LogP contribution is 2.59. The molecule has 4 aliphatic carbocycles. The SMILES string of the molecule is O=C(NCC12CC3CC(CC(C3)C1)C2)c1cc(Cl)ccc1OC1CCNCC1. The molecule has 6 rings (SSSR count). The number of carbonyl (C=O) groups excluding carboxylic acids is 1. The van der Waals surface area contributed by atoms with Crippen LogP contribution in [0.15, 0.2) is 18.2 Å². The number of carbonyl (C=O) groups is 1. The van der Waals surface area contributed by atoms with E-state index in [2.05, 4.69) is 10.6 Å². The molecule has 152 valence electrons. The molecule has 1 heterocycles.